The van der Waals surface area contributed by atoms with Gasteiger partial charge in [-0.25, -0.2) is 4.39 Å². The third-order valence-corrected chi connectivity index (χ3v) is 2.49. The van der Waals surface area contributed by atoms with Crippen molar-refractivity contribution < 1.29 is 13.9 Å². The van der Waals surface area contributed by atoms with E-state index in [2.05, 4.69) is 0 Å². The molecule has 0 aliphatic rings. The number of aliphatic hydroxyl groups is 1. The van der Waals surface area contributed by atoms with E-state index >= 15 is 0 Å². The molecule has 2 atom stereocenters. The fraction of sp³-hybridized carbons (Fsp3) is 0.455. The third kappa shape index (κ3) is 2.97. The summed E-state index contributed by atoms with van der Waals surface area (Å²) in [4.78, 5) is 0. The molecule has 0 amide bonds. The van der Waals surface area contributed by atoms with Crippen molar-refractivity contribution >= 4 is 0 Å². The number of halogens is 2. The summed E-state index contributed by atoms with van der Waals surface area (Å²) in [5.41, 5.74) is 6.09. The Morgan fingerprint density at radius 3 is 2.53 bits per heavy atom. The normalized spacial score (nSPS) is 14.9. The largest absolute Gasteiger partial charge is 0.396 e. The van der Waals surface area contributed by atoms with E-state index in [0.717, 1.165) is 0 Å². The maximum Gasteiger partial charge on any atom is 0.127 e. The molecule has 0 radical (unpaired) electrons. The second kappa shape index (κ2) is 5.78. The summed E-state index contributed by atoms with van der Waals surface area (Å²) < 4.78 is 25.5. The van der Waals surface area contributed by atoms with E-state index < -0.39 is 24.5 Å². The Morgan fingerprint density at radius 1 is 1.33 bits per heavy atom. The number of rotatable bonds is 5. The monoisotopic (exact) mass is 215 g/mol. The lowest BCUT2D eigenvalue weighted by Crippen LogP contribution is -2.25. The van der Waals surface area contributed by atoms with Gasteiger partial charge in [-0.3, -0.25) is 4.39 Å². The van der Waals surface area contributed by atoms with E-state index in [0.29, 0.717) is 5.56 Å². The predicted molar refractivity (Wildman–Crippen MR) is 54.5 cm³/mol. The maximum absolute atomic E-state index is 13.3. The average molecular weight is 215 g/mol. The number of aliphatic hydroxyl groups excluding tert-OH is 1. The summed E-state index contributed by atoms with van der Waals surface area (Å²) in [7, 11) is 0. The van der Waals surface area contributed by atoms with Gasteiger partial charge in [-0.05, 0) is 12.5 Å². The van der Waals surface area contributed by atoms with Crippen molar-refractivity contribution in [2.45, 2.75) is 12.5 Å². The first-order valence-electron chi connectivity index (χ1n) is 4.87. The van der Waals surface area contributed by atoms with Gasteiger partial charge in [0.15, 0.2) is 0 Å². The molecule has 3 N–H and O–H groups in total. The fourth-order valence-corrected chi connectivity index (χ4v) is 1.52. The first-order chi connectivity index (χ1) is 7.20. The van der Waals surface area contributed by atoms with Crippen LogP contribution in [0.3, 0.4) is 0 Å². The van der Waals surface area contributed by atoms with Crippen molar-refractivity contribution in [1.82, 2.24) is 0 Å². The molecule has 1 aromatic rings. The number of alkyl halides is 1. The minimum atomic E-state index is -0.660. The molecular formula is C11H15F2NO. The lowest BCUT2D eigenvalue weighted by molar-refractivity contribution is 0.185. The van der Waals surface area contributed by atoms with E-state index in [1.807, 2.05) is 0 Å². The predicted octanol–water partition coefficient (Wildman–Crippen LogP) is 1.79. The average Bonchev–Trinajstić information content (AvgIpc) is 2.25. The molecule has 0 aromatic heterocycles. The quantitative estimate of drug-likeness (QED) is 0.786. The molecule has 0 aliphatic heterocycles. The second-order valence-corrected chi connectivity index (χ2v) is 3.47. The van der Waals surface area contributed by atoms with Crippen molar-refractivity contribution in [1.29, 1.82) is 0 Å². The highest BCUT2D eigenvalue weighted by Crippen LogP contribution is 2.24. The van der Waals surface area contributed by atoms with Crippen LogP contribution in [-0.2, 0) is 0 Å². The first kappa shape index (κ1) is 12.1. The van der Waals surface area contributed by atoms with Gasteiger partial charge in [-0.1, -0.05) is 18.2 Å². The smallest absolute Gasteiger partial charge is 0.127 e. The summed E-state index contributed by atoms with van der Waals surface area (Å²) in [6, 6.07) is 5.43. The van der Waals surface area contributed by atoms with Crippen LogP contribution in [0.25, 0.3) is 0 Å². The SMILES string of the molecule is N[C@@H](c1ccccc1F)C(CO)CCF. The molecule has 0 bridgehead atoms. The Balaban J connectivity index is 2.82. The van der Waals surface area contributed by atoms with E-state index in [9.17, 15) is 8.78 Å². The number of nitrogens with two attached hydrogens (primary N) is 1. The fourth-order valence-electron chi connectivity index (χ4n) is 1.52. The molecule has 0 saturated heterocycles. The lowest BCUT2D eigenvalue weighted by atomic mass is 9.92. The van der Waals surface area contributed by atoms with E-state index in [-0.39, 0.29) is 13.0 Å². The minimum absolute atomic E-state index is 0.145. The molecule has 84 valence electrons. The van der Waals surface area contributed by atoms with Crippen LogP contribution in [0, 0.1) is 11.7 Å². The molecule has 0 heterocycles. The van der Waals surface area contributed by atoms with Crippen LogP contribution in [0.1, 0.15) is 18.0 Å². The topological polar surface area (TPSA) is 46.2 Å². The minimum Gasteiger partial charge on any atom is -0.396 e. The molecule has 1 aromatic carbocycles. The molecule has 0 spiro atoms. The van der Waals surface area contributed by atoms with Crippen molar-refractivity contribution in [3.63, 3.8) is 0 Å². The lowest BCUT2D eigenvalue weighted by Gasteiger charge is -2.21. The molecule has 15 heavy (non-hydrogen) atoms. The van der Waals surface area contributed by atoms with Crippen LogP contribution in [0.15, 0.2) is 24.3 Å². The highest BCUT2D eigenvalue weighted by molar-refractivity contribution is 5.21. The molecular weight excluding hydrogens is 200 g/mol. The van der Waals surface area contributed by atoms with E-state index in [1.165, 1.54) is 6.07 Å². The molecule has 2 nitrogen and oxygen atoms in total. The number of hydrogen-bond acceptors (Lipinski definition) is 2. The zero-order chi connectivity index (χ0) is 11.3. The Bertz CT molecular complexity index is 306. The Labute approximate surface area is 87.7 Å². The van der Waals surface area contributed by atoms with Crippen molar-refractivity contribution in [2.75, 3.05) is 13.3 Å². The van der Waals surface area contributed by atoms with E-state index in [1.54, 1.807) is 18.2 Å². The maximum atomic E-state index is 13.3. The highest BCUT2D eigenvalue weighted by atomic mass is 19.1. The van der Waals surface area contributed by atoms with Gasteiger partial charge in [-0.15, -0.1) is 0 Å². The molecule has 1 rings (SSSR count). The van der Waals surface area contributed by atoms with Gasteiger partial charge in [-0.2, -0.15) is 0 Å². The van der Waals surface area contributed by atoms with Crippen LogP contribution in [0.4, 0.5) is 8.78 Å². The molecule has 0 aliphatic carbocycles. The number of hydrogen-bond donors (Lipinski definition) is 2. The van der Waals surface area contributed by atoms with Crippen LogP contribution < -0.4 is 5.73 Å². The van der Waals surface area contributed by atoms with Gasteiger partial charge in [0.1, 0.15) is 5.82 Å². The summed E-state index contributed by atoms with van der Waals surface area (Å²) in [6.07, 6.45) is 0.145. The van der Waals surface area contributed by atoms with Crippen molar-refractivity contribution in [3.8, 4) is 0 Å². The second-order valence-electron chi connectivity index (χ2n) is 3.47. The zero-order valence-corrected chi connectivity index (χ0v) is 8.37. The Kier molecular flexibility index (Phi) is 4.65. The highest BCUT2D eigenvalue weighted by Gasteiger charge is 2.20. The standard InChI is InChI=1S/C11H15F2NO/c12-6-5-8(7-15)11(14)9-3-1-2-4-10(9)13/h1-4,8,11,15H,5-7,14H2/t8?,11-/m1/s1. The summed E-state index contributed by atoms with van der Waals surface area (Å²) in [5, 5.41) is 9.01. The van der Waals surface area contributed by atoms with E-state index in [4.69, 9.17) is 10.8 Å². The van der Waals surface area contributed by atoms with Gasteiger partial charge in [0.05, 0.1) is 6.67 Å². The molecule has 0 fully saturated rings. The Morgan fingerprint density at radius 2 is 2.00 bits per heavy atom. The van der Waals surface area contributed by atoms with Gasteiger partial charge in [0, 0.05) is 24.1 Å². The summed E-state index contributed by atoms with van der Waals surface area (Å²) >= 11 is 0. The van der Waals surface area contributed by atoms with Crippen LogP contribution in [0.5, 0.6) is 0 Å². The molecule has 4 heteroatoms. The van der Waals surface area contributed by atoms with Crippen molar-refractivity contribution in [3.05, 3.63) is 35.6 Å². The zero-order valence-electron chi connectivity index (χ0n) is 8.37. The van der Waals surface area contributed by atoms with Crippen LogP contribution >= 0.6 is 0 Å². The van der Waals surface area contributed by atoms with Crippen molar-refractivity contribution in [2.24, 2.45) is 11.7 Å². The van der Waals surface area contributed by atoms with Gasteiger partial charge in [0.2, 0.25) is 0 Å². The van der Waals surface area contributed by atoms with Crippen LogP contribution in [-0.4, -0.2) is 18.4 Å². The summed E-state index contributed by atoms with van der Waals surface area (Å²) in [6.45, 7) is -0.799. The number of benzene rings is 1. The first-order valence-corrected chi connectivity index (χ1v) is 4.87. The summed E-state index contributed by atoms with van der Waals surface area (Å²) in [5.74, 6) is -0.853. The van der Waals surface area contributed by atoms with Gasteiger partial charge >= 0.3 is 0 Å². The molecule has 0 saturated carbocycles. The molecule has 1 unspecified atom stereocenters. The van der Waals surface area contributed by atoms with Gasteiger partial charge in [0.25, 0.3) is 0 Å². The van der Waals surface area contributed by atoms with Crippen LogP contribution in [0.2, 0.25) is 0 Å². The third-order valence-electron chi connectivity index (χ3n) is 2.49. The van der Waals surface area contributed by atoms with Gasteiger partial charge < -0.3 is 10.8 Å². The Hall–Kier alpha value is -1.00.